The number of nitrogens with one attached hydrogen (secondary N) is 1. The van der Waals surface area contributed by atoms with Crippen LogP contribution in [0.25, 0.3) is 0 Å². The van der Waals surface area contributed by atoms with Gasteiger partial charge in [-0.15, -0.1) is 0 Å². The van der Waals surface area contributed by atoms with E-state index in [0.717, 1.165) is 41.5 Å². The Kier molecular flexibility index (Phi) is 10.0. The fourth-order valence-corrected chi connectivity index (χ4v) is 4.94. The number of amides is 2. The highest BCUT2D eigenvalue weighted by Crippen LogP contribution is 2.29. The molecule has 1 atom stereocenters. The van der Waals surface area contributed by atoms with Gasteiger partial charge < -0.3 is 19.7 Å². The number of hydrogen-bond acceptors (Lipinski definition) is 4. The molecule has 0 bridgehead atoms. The molecule has 2 aromatic rings. The highest BCUT2D eigenvalue weighted by molar-refractivity contribution is 9.10. The van der Waals surface area contributed by atoms with Gasteiger partial charge in [0, 0.05) is 12.6 Å². The second kappa shape index (κ2) is 13.0. The Morgan fingerprint density at radius 1 is 1.11 bits per heavy atom. The summed E-state index contributed by atoms with van der Waals surface area (Å²) >= 11 is 3.56. The van der Waals surface area contributed by atoms with Crippen LogP contribution >= 0.6 is 15.9 Å². The van der Waals surface area contributed by atoms with E-state index < -0.39 is 6.04 Å². The summed E-state index contributed by atoms with van der Waals surface area (Å²) in [5.74, 6) is 1.43. The maximum Gasteiger partial charge on any atom is 0.261 e. The first-order chi connectivity index (χ1) is 16.8. The van der Waals surface area contributed by atoms with Crippen molar-refractivity contribution in [1.82, 2.24) is 10.2 Å². The minimum absolute atomic E-state index is 0.0938. The zero-order valence-corrected chi connectivity index (χ0v) is 22.8. The molecule has 2 amide bonds. The van der Waals surface area contributed by atoms with Crippen LogP contribution in [0.3, 0.4) is 0 Å². The number of ether oxygens (including phenoxy) is 2. The molecule has 1 N–H and O–H groups in total. The summed E-state index contributed by atoms with van der Waals surface area (Å²) < 4.78 is 12.0. The van der Waals surface area contributed by atoms with Gasteiger partial charge in [0.1, 0.15) is 17.5 Å². The van der Waals surface area contributed by atoms with Crippen molar-refractivity contribution in [3.05, 3.63) is 58.1 Å². The third kappa shape index (κ3) is 7.47. The summed E-state index contributed by atoms with van der Waals surface area (Å²) in [4.78, 5) is 28.3. The Bertz CT molecular complexity index is 987. The average Bonchev–Trinajstić information content (AvgIpc) is 3.36. The number of benzene rings is 2. The van der Waals surface area contributed by atoms with Gasteiger partial charge in [0.15, 0.2) is 6.61 Å². The smallest absolute Gasteiger partial charge is 0.261 e. The minimum Gasteiger partial charge on any atom is -0.497 e. The summed E-state index contributed by atoms with van der Waals surface area (Å²) in [6.45, 7) is 6.36. The molecule has 0 radical (unpaired) electrons. The van der Waals surface area contributed by atoms with Gasteiger partial charge in [0.05, 0.1) is 11.6 Å². The van der Waals surface area contributed by atoms with Gasteiger partial charge in [0.2, 0.25) is 5.91 Å². The first-order valence-electron chi connectivity index (χ1n) is 12.5. The van der Waals surface area contributed by atoms with Crippen LogP contribution in [-0.2, 0) is 16.1 Å². The molecule has 35 heavy (non-hydrogen) atoms. The number of carbonyl (C=O) groups is 2. The van der Waals surface area contributed by atoms with E-state index in [1.165, 1.54) is 5.56 Å². The first kappa shape index (κ1) is 27.1. The second-order valence-corrected chi connectivity index (χ2v) is 10.3. The third-order valence-corrected chi connectivity index (χ3v) is 7.19. The Morgan fingerprint density at radius 3 is 2.37 bits per heavy atom. The molecule has 7 heteroatoms. The van der Waals surface area contributed by atoms with Gasteiger partial charge >= 0.3 is 0 Å². The number of methoxy groups -OCH3 is 1. The molecule has 0 aromatic heterocycles. The lowest BCUT2D eigenvalue weighted by Crippen LogP contribution is -2.52. The molecule has 1 aliphatic rings. The highest BCUT2D eigenvalue weighted by atomic mass is 79.9. The van der Waals surface area contributed by atoms with E-state index in [1.807, 2.05) is 49.4 Å². The molecule has 0 unspecified atom stereocenters. The predicted octanol–water partition coefficient (Wildman–Crippen LogP) is 5.83. The van der Waals surface area contributed by atoms with Crippen LogP contribution < -0.4 is 14.8 Å². The lowest BCUT2D eigenvalue weighted by molar-refractivity contribution is -0.143. The fraction of sp³-hybridized carbons (Fsp3) is 0.500. The van der Waals surface area contributed by atoms with Crippen LogP contribution in [0.4, 0.5) is 0 Å². The van der Waals surface area contributed by atoms with Crippen molar-refractivity contribution in [2.75, 3.05) is 13.7 Å². The number of carbonyl (C=O) groups excluding carboxylic acids is 2. The van der Waals surface area contributed by atoms with Gasteiger partial charge in [0.25, 0.3) is 5.91 Å². The van der Waals surface area contributed by atoms with Crippen molar-refractivity contribution < 1.29 is 19.1 Å². The van der Waals surface area contributed by atoms with E-state index in [1.54, 1.807) is 12.0 Å². The monoisotopic (exact) mass is 544 g/mol. The van der Waals surface area contributed by atoms with E-state index >= 15 is 0 Å². The van der Waals surface area contributed by atoms with Crippen molar-refractivity contribution in [2.24, 2.45) is 0 Å². The average molecular weight is 546 g/mol. The Morgan fingerprint density at radius 2 is 1.80 bits per heavy atom. The summed E-state index contributed by atoms with van der Waals surface area (Å²) in [6.07, 6.45) is 4.78. The van der Waals surface area contributed by atoms with E-state index in [4.69, 9.17) is 9.47 Å². The number of halogens is 1. The van der Waals surface area contributed by atoms with Crippen molar-refractivity contribution >= 4 is 27.7 Å². The summed E-state index contributed by atoms with van der Waals surface area (Å²) in [6, 6.07) is 13.1. The lowest BCUT2D eigenvalue weighted by atomic mass is 10.0. The van der Waals surface area contributed by atoms with Gasteiger partial charge in [-0.3, -0.25) is 9.59 Å². The van der Waals surface area contributed by atoms with Gasteiger partial charge in [-0.2, -0.15) is 0 Å². The molecule has 0 spiro atoms. The Labute approximate surface area is 217 Å². The summed E-state index contributed by atoms with van der Waals surface area (Å²) in [7, 11) is 1.62. The Hall–Kier alpha value is -2.54. The second-order valence-electron chi connectivity index (χ2n) is 9.42. The van der Waals surface area contributed by atoms with Crippen LogP contribution in [-0.4, -0.2) is 42.5 Å². The first-order valence-corrected chi connectivity index (χ1v) is 13.3. The molecule has 1 saturated carbocycles. The topological polar surface area (TPSA) is 67.9 Å². The maximum atomic E-state index is 13.5. The normalized spacial score (nSPS) is 14.6. The number of hydrogen-bond donors (Lipinski definition) is 1. The summed E-state index contributed by atoms with van der Waals surface area (Å²) in [5, 5.41) is 3.17. The zero-order chi connectivity index (χ0) is 25.4. The van der Waals surface area contributed by atoms with Crippen molar-refractivity contribution in [3.63, 3.8) is 0 Å². The van der Waals surface area contributed by atoms with Crippen LogP contribution in [0.15, 0.2) is 46.9 Å². The minimum atomic E-state index is -0.569. The van der Waals surface area contributed by atoms with Crippen LogP contribution in [0.5, 0.6) is 11.5 Å². The Balaban J connectivity index is 1.77. The van der Waals surface area contributed by atoms with E-state index in [2.05, 4.69) is 35.1 Å². The molecule has 1 aliphatic carbocycles. The molecule has 190 valence electrons. The molecular formula is C28H37BrN2O4. The molecular weight excluding hydrogens is 508 g/mol. The molecule has 0 aliphatic heterocycles. The summed E-state index contributed by atoms with van der Waals surface area (Å²) in [5.41, 5.74) is 2.11. The van der Waals surface area contributed by atoms with Crippen LogP contribution in [0, 0.1) is 0 Å². The van der Waals surface area contributed by atoms with Gasteiger partial charge in [-0.25, -0.2) is 0 Å². The van der Waals surface area contributed by atoms with E-state index in [-0.39, 0.29) is 24.5 Å². The largest absolute Gasteiger partial charge is 0.497 e. The molecule has 6 nitrogen and oxygen atoms in total. The van der Waals surface area contributed by atoms with Crippen molar-refractivity contribution in [3.8, 4) is 11.5 Å². The van der Waals surface area contributed by atoms with E-state index in [0.29, 0.717) is 24.6 Å². The number of nitrogens with zero attached hydrogens (tertiary/aromatic N) is 1. The SMILES string of the molecule is CC[C@H](C(=O)NC1CCCC1)N(Cc1ccc(OC)cc1)C(=O)COc1ccc(C(C)C)cc1Br. The lowest BCUT2D eigenvalue weighted by Gasteiger charge is -2.31. The van der Waals surface area contributed by atoms with Crippen molar-refractivity contribution in [2.45, 2.75) is 77.4 Å². The molecule has 2 aromatic carbocycles. The molecule has 0 saturated heterocycles. The molecule has 0 heterocycles. The van der Waals surface area contributed by atoms with Gasteiger partial charge in [-0.1, -0.05) is 51.8 Å². The maximum absolute atomic E-state index is 13.5. The molecule has 3 rings (SSSR count). The zero-order valence-electron chi connectivity index (χ0n) is 21.2. The fourth-order valence-electron chi connectivity index (χ4n) is 4.43. The van der Waals surface area contributed by atoms with Crippen LogP contribution in [0.1, 0.15) is 69.9 Å². The van der Waals surface area contributed by atoms with E-state index in [9.17, 15) is 9.59 Å². The molecule has 1 fully saturated rings. The standard InChI is InChI=1S/C28H37BrN2O4/c1-5-25(28(33)30-22-8-6-7-9-22)31(17-20-10-13-23(34-4)14-11-20)27(32)18-35-26-15-12-21(19(2)3)16-24(26)29/h10-16,19,22,25H,5-9,17-18H2,1-4H3,(H,30,33)/t25-/m1/s1. The highest BCUT2D eigenvalue weighted by Gasteiger charge is 2.31. The number of rotatable bonds is 11. The van der Waals surface area contributed by atoms with Crippen molar-refractivity contribution in [1.29, 1.82) is 0 Å². The quantitative estimate of drug-likeness (QED) is 0.386. The predicted molar refractivity (Wildman–Crippen MR) is 142 cm³/mol. The third-order valence-electron chi connectivity index (χ3n) is 6.57. The van der Waals surface area contributed by atoms with Crippen LogP contribution in [0.2, 0.25) is 0 Å². The van der Waals surface area contributed by atoms with Gasteiger partial charge in [-0.05, 0) is 76.5 Å².